The Labute approximate surface area is 162 Å². The Morgan fingerprint density at radius 1 is 0.821 bits per heavy atom. The van der Waals surface area contributed by atoms with Gasteiger partial charge in [-0.15, -0.1) is 0 Å². The average Bonchev–Trinajstić information content (AvgIpc) is 2.72. The molecule has 0 radical (unpaired) electrons. The first-order valence-electron chi connectivity index (χ1n) is 8.31. The average molecular weight is 387 g/mol. The van der Waals surface area contributed by atoms with Gasteiger partial charge in [0.15, 0.2) is 6.10 Å². The molecule has 1 amide bonds. The number of carbonyl (C=O) groups is 3. The van der Waals surface area contributed by atoms with Crippen LogP contribution in [0, 0.1) is 0 Å². The van der Waals surface area contributed by atoms with Crippen molar-refractivity contribution in [3.8, 4) is 11.5 Å². The second-order valence-electron chi connectivity index (χ2n) is 5.71. The van der Waals surface area contributed by atoms with Gasteiger partial charge in [0.05, 0.1) is 32.5 Å². The molecule has 2 aromatic carbocycles. The molecule has 1 N–H and O–H groups in total. The Bertz CT molecular complexity index is 827. The zero-order valence-electron chi connectivity index (χ0n) is 16.0. The number of carbonyl (C=O) groups excluding carboxylic acids is 3. The van der Waals surface area contributed by atoms with Crippen LogP contribution in [0.5, 0.6) is 11.5 Å². The van der Waals surface area contributed by atoms with Crippen LogP contribution in [0.1, 0.15) is 27.6 Å². The highest BCUT2D eigenvalue weighted by Crippen LogP contribution is 2.20. The molecule has 0 fully saturated rings. The fourth-order valence-corrected chi connectivity index (χ4v) is 2.33. The number of ether oxygens (including phenoxy) is 4. The van der Waals surface area contributed by atoms with E-state index in [9.17, 15) is 14.4 Å². The number of anilines is 1. The van der Waals surface area contributed by atoms with E-state index in [2.05, 4.69) is 14.8 Å². The van der Waals surface area contributed by atoms with Crippen LogP contribution in [0.15, 0.2) is 42.5 Å². The van der Waals surface area contributed by atoms with E-state index in [0.717, 1.165) is 0 Å². The molecule has 8 nitrogen and oxygen atoms in total. The van der Waals surface area contributed by atoms with E-state index < -0.39 is 23.9 Å². The fraction of sp³-hybridized carbons (Fsp3) is 0.250. The van der Waals surface area contributed by atoms with Crippen LogP contribution in [0.3, 0.4) is 0 Å². The highest BCUT2D eigenvalue weighted by Gasteiger charge is 2.18. The Kier molecular flexibility index (Phi) is 6.97. The number of methoxy groups -OCH3 is 3. The van der Waals surface area contributed by atoms with Crippen LogP contribution >= 0.6 is 0 Å². The molecule has 0 unspecified atom stereocenters. The number of rotatable bonds is 7. The van der Waals surface area contributed by atoms with Crippen LogP contribution in [0.2, 0.25) is 0 Å². The molecular weight excluding hydrogens is 366 g/mol. The van der Waals surface area contributed by atoms with Crippen LogP contribution in [0.25, 0.3) is 0 Å². The van der Waals surface area contributed by atoms with Crippen molar-refractivity contribution in [3.05, 3.63) is 53.6 Å². The Morgan fingerprint density at radius 3 is 1.79 bits per heavy atom. The summed E-state index contributed by atoms with van der Waals surface area (Å²) < 4.78 is 20.0. The first kappa shape index (κ1) is 20.8. The summed E-state index contributed by atoms with van der Waals surface area (Å²) in [6, 6.07) is 10.9. The van der Waals surface area contributed by atoms with E-state index in [0.29, 0.717) is 11.5 Å². The third-order valence-corrected chi connectivity index (χ3v) is 3.78. The van der Waals surface area contributed by atoms with E-state index in [1.54, 1.807) is 38.3 Å². The predicted molar refractivity (Wildman–Crippen MR) is 101 cm³/mol. The third-order valence-electron chi connectivity index (χ3n) is 3.78. The zero-order chi connectivity index (χ0) is 20.7. The second kappa shape index (κ2) is 9.40. The lowest BCUT2D eigenvalue weighted by atomic mass is 10.1. The highest BCUT2D eigenvalue weighted by molar-refractivity contribution is 6.00. The molecule has 0 spiro atoms. The monoisotopic (exact) mass is 387 g/mol. The van der Waals surface area contributed by atoms with Crippen LogP contribution in [0.4, 0.5) is 5.69 Å². The molecule has 0 heterocycles. The maximum atomic E-state index is 12.4. The van der Waals surface area contributed by atoms with Gasteiger partial charge in [0.25, 0.3) is 5.91 Å². The van der Waals surface area contributed by atoms with Crippen molar-refractivity contribution in [2.75, 3.05) is 26.6 Å². The summed E-state index contributed by atoms with van der Waals surface area (Å²) in [5.41, 5.74) is 0.437. The molecule has 2 aromatic rings. The number of hydrogen-bond acceptors (Lipinski definition) is 7. The molecule has 0 saturated heterocycles. The van der Waals surface area contributed by atoms with E-state index in [4.69, 9.17) is 9.47 Å². The Balaban J connectivity index is 2.16. The molecule has 0 aromatic heterocycles. The van der Waals surface area contributed by atoms with Crippen LogP contribution in [-0.4, -0.2) is 45.3 Å². The zero-order valence-corrected chi connectivity index (χ0v) is 16.0. The summed E-state index contributed by atoms with van der Waals surface area (Å²) in [6.45, 7) is 1.57. The number of esters is 2. The number of nitrogens with one attached hydrogen (secondary N) is 1. The molecule has 0 bridgehead atoms. The lowest BCUT2D eigenvalue weighted by Crippen LogP contribution is -2.30. The third kappa shape index (κ3) is 5.23. The van der Waals surface area contributed by atoms with Crippen molar-refractivity contribution < 1.29 is 33.3 Å². The minimum absolute atomic E-state index is 0.101. The maximum absolute atomic E-state index is 12.4. The normalized spacial score (nSPS) is 11.1. The van der Waals surface area contributed by atoms with Crippen molar-refractivity contribution >= 4 is 23.5 Å². The number of amides is 1. The fourth-order valence-electron chi connectivity index (χ4n) is 2.33. The summed E-state index contributed by atoms with van der Waals surface area (Å²) in [4.78, 5) is 36.1. The maximum Gasteiger partial charge on any atom is 0.337 e. The van der Waals surface area contributed by atoms with Gasteiger partial charge in [-0.2, -0.15) is 0 Å². The summed E-state index contributed by atoms with van der Waals surface area (Å²) in [5.74, 6) is -0.609. The molecule has 0 aliphatic rings. The summed E-state index contributed by atoms with van der Waals surface area (Å²) >= 11 is 0. The minimum Gasteiger partial charge on any atom is -0.497 e. The molecular formula is C20H21NO7. The van der Waals surface area contributed by atoms with Crippen LogP contribution < -0.4 is 14.8 Å². The number of hydrogen-bond donors (Lipinski definition) is 1. The van der Waals surface area contributed by atoms with Gasteiger partial charge in [-0.1, -0.05) is 0 Å². The molecule has 2 rings (SSSR count). The lowest BCUT2D eigenvalue weighted by Gasteiger charge is -2.16. The van der Waals surface area contributed by atoms with Crippen LogP contribution in [-0.2, 0) is 14.3 Å². The van der Waals surface area contributed by atoms with Gasteiger partial charge in [0.2, 0.25) is 0 Å². The molecule has 0 aliphatic carbocycles. The summed E-state index contributed by atoms with van der Waals surface area (Å²) in [6.07, 6.45) is -0.836. The second-order valence-corrected chi connectivity index (χ2v) is 5.71. The van der Waals surface area contributed by atoms with E-state index >= 15 is 0 Å². The van der Waals surface area contributed by atoms with E-state index in [-0.39, 0.29) is 16.8 Å². The van der Waals surface area contributed by atoms with Gasteiger partial charge in [0.1, 0.15) is 11.5 Å². The van der Waals surface area contributed by atoms with Gasteiger partial charge in [-0.25, -0.2) is 9.59 Å². The van der Waals surface area contributed by atoms with Crippen molar-refractivity contribution in [2.45, 2.75) is 13.0 Å². The molecule has 0 saturated carbocycles. The first-order chi connectivity index (χ1) is 13.4. The Morgan fingerprint density at radius 2 is 1.32 bits per heavy atom. The molecule has 28 heavy (non-hydrogen) atoms. The highest BCUT2D eigenvalue weighted by atomic mass is 16.5. The molecule has 0 aliphatic heterocycles. The van der Waals surface area contributed by atoms with Gasteiger partial charge in [0, 0.05) is 5.69 Å². The number of benzene rings is 2. The van der Waals surface area contributed by atoms with Crippen molar-refractivity contribution in [3.63, 3.8) is 0 Å². The van der Waals surface area contributed by atoms with Crippen molar-refractivity contribution in [1.29, 1.82) is 0 Å². The summed E-state index contributed by atoms with van der Waals surface area (Å²) in [7, 11) is 3.99. The quantitative estimate of drug-likeness (QED) is 0.729. The smallest absolute Gasteiger partial charge is 0.337 e. The lowest BCUT2D eigenvalue weighted by molar-refractivity contribution is -0.122. The van der Waals surface area contributed by atoms with Gasteiger partial charge in [-0.05, 0) is 49.4 Å². The molecule has 8 heteroatoms. The first-order valence-corrected chi connectivity index (χ1v) is 8.31. The molecule has 1 atom stereocenters. The SMILES string of the molecule is COC(=O)c1cc(NC(=O)[C@H](C)Oc2ccc(OC)cc2)cc(C(=O)OC)c1. The van der Waals surface area contributed by atoms with E-state index in [1.807, 2.05) is 0 Å². The molecule has 148 valence electrons. The summed E-state index contributed by atoms with van der Waals surface area (Å²) in [5, 5.41) is 2.62. The Hall–Kier alpha value is -3.55. The topological polar surface area (TPSA) is 100 Å². The largest absolute Gasteiger partial charge is 0.497 e. The minimum atomic E-state index is -0.836. The predicted octanol–water partition coefficient (Wildman–Crippen LogP) is 2.67. The standard InChI is InChI=1S/C20H21NO7/c1-12(28-17-7-5-16(25-2)6-8-17)18(22)21-15-10-13(19(23)26-3)9-14(11-15)20(24)27-4/h5-12H,1-4H3,(H,21,22)/t12-/m0/s1. The van der Waals surface area contributed by atoms with Gasteiger partial charge < -0.3 is 24.3 Å². The van der Waals surface area contributed by atoms with Crippen molar-refractivity contribution in [1.82, 2.24) is 0 Å². The van der Waals surface area contributed by atoms with E-state index in [1.165, 1.54) is 32.4 Å². The van der Waals surface area contributed by atoms with Gasteiger partial charge in [-0.3, -0.25) is 4.79 Å². The van der Waals surface area contributed by atoms with Gasteiger partial charge >= 0.3 is 11.9 Å². The van der Waals surface area contributed by atoms with Crippen molar-refractivity contribution in [2.24, 2.45) is 0 Å².